The van der Waals surface area contributed by atoms with Crippen molar-refractivity contribution in [2.75, 3.05) is 14.2 Å². The third kappa shape index (κ3) is 5.23. The van der Waals surface area contributed by atoms with Gasteiger partial charge in [0.25, 0.3) is 5.91 Å². The second-order valence-electron chi connectivity index (χ2n) is 7.56. The Bertz CT molecular complexity index is 1150. The van der Waals surface area contributed by atoms with Crippen LogP contribution < -0.4 is 10.1 Å². The van der Waals surface area contributed by atoms with Crippen molar-refractivity contribution < 1.29 is 23.5 Å². The van der Waals surface area contributed by atoms with Crippen molar-refractivity contribution >= 4 is 17.3 Å². The number of aryl methyl sites for hydroxylation is 1. The van der Waals surface area contributed by atoms with Crippen LogP contribution in [0.15, 0.2) is 46.6 Å². The Labute approximate surface area is 190 Å². The van der Waals surface area contributed by atoms with Gasteiger partial charge in [0, 0.05) is 26.5 Å². The third-order valence-corrected chi connectivity index (χ3v) is 5.23. The lowest BCUT2D eigenvalue weighted by molar-refractivity contribution is 0.0945. The number of oxime groups is 1. The van der Waals surface area contributed by atoms with Crippen molar-refractivity contribution in [3.8, 4) is 5.75 Å². The van der Waals surface area contributed by atoms with Gasteiger partial charge in [-0.15, -0.1) is 0 Å². The number of aromatic nitrogens is 2. The number of dihydropyridines is 1. The summed E-state index contributed by atoms with van der Waals surface area (Å²) in [4.78, 5) is 31.5. The second kappa shape index (κ2) is 9.86. The van der Waals surface area contributed by atoms with Gasteiger partial charge in [0.1, 0.15) is 17.2 Å². The lowest BCUT2D eigenvalue weighted by Crippen LogP contribution is -2.26. The highest BCUT2D eigenvalue weighted by Crippen LogP contribution is 2.21. The van der Waals surface area contributed by atoms with E-state index in [-0.39, 0.29) is 36.2 Å². The number of hydrogen-bond acceptors (Lipinski definition) is 8. The molecule has 0 saturated heterocycles. The van der Waals surface area contributed by atoms with Crippen LogP contribution in [0.5, 0.6) is 5.75 Å². The van der Waals surface area contributed by atoms with Gasteiger partial charge in [-0.3, -0.25) is 9.79 Å². The average Bonchev–Trinajstić information content (AvgIpc) is 3.33. The van der Waals surface area contributed by atoms with Gasteiger partial charge in [0.15, 0.2) is 23.9 Å². The molecule has 2 aromatic rings. The van der Waals surface area contributed by atoms with Crippen LogP contribution in [0, 0.1) is 12.7 Å². The zero-order valence-electron chi connectivity index (χ0n) is 18.5. The van der Waals surface area contributed by atoms with Crippen molar-refractivity contribution in [2.24, 2.45) is 10.1 Å². The van der Waals surface area contributed by atoms with E-state index in [9.17, 15) is 9.18 Å². The van der Waals surface area contributed by atoms with E-state index in [2.05, 4.69) is 25.4 Å². The van der Waals surface area contributed by atoms with Crippen LogP contribution in [-0.2, 0) is 16.1 Å². The molecule has 1 aromatic heterocycles. The maximum Gasteiger partial charge on any atom is 0.270 e. The fraction of sp³-hybridized carbons (Fsp3) is 0.348. The molecule has 0 radical (unpaired) electrons. The number of hydrogen-bond donors (Lipinski definition) is 1. The molecule has 2 aliphatic rings. The summed E-state index contributed by atoms with van der Waals surface area (Å²) < 4.78 is 23.9. The molecule has 4 rings (SSSR count). The molecule has 2 atom stereocenters. The summed E-state index contributed by atoms with van der Waals surface area (Å²) in [7, 11) is 3.00. The Kier molecular flexibility index (Phi) is 6.74. The van der Waals surface area contributed by atoms with Gasteiger partial charge in [-0.25, -0.2) is 14.4 Å². The minimum absolute atomic E-state index is 0.116. The Morgan fingerprint density at radius 1 is 1.27 bits per heavy atom. The maximum absolute atomic E-state index is 13.6. The number of halogens is 1. The van der Waals surface area contributed by atoms with Crippen LogP contribution in [0.4, 0.5) is 4.39 Å². The Hall–Kier alpha value is -3.66. The molecular weight excluding hydrogens is 429 g/mol. The van der Waals surface area contributed by atoms with Gasteiger partial charge in [-0.1, -0.05) is 17.3 Å². The summed E-state index contributed by atoms with van der Waals surface area (Å²) in [5, 5.41) is 6.95. The number of carbonyl (C=O) groups is 1. The first-order valence-electron chi connectivity index (χ1n) is 10.4. The Morgan fingerprint density at radius 2 is 2.12 bits per heavy atom. The van der Waals surface area contributed by atoms with Gasteiger partial charge in [0.05, 0.1) is 18.5 Å². The molecule has 0 saturated carbocycles. The van der Waals surface area contributed by atoms with Gasteiger partial charge in [-0.05, 0) is 36.8 Å². The number of rotatable bonds is 7. The lowest BCUT2D eigenvalue weighted by atomic mass is 10.0. The molecule has 0 bridgehead atoms. The van der Waals surface area contributed by atoms with Gasteiger partial charge < -0.3 is 19.6 Å². The van der Waals surface area contributed by atoms with Crippen LogP contribution in [0.1, 0.15) is 40.4 Å². The number of methoxy groups -OCH3 is 2. The third-order valence-electron chi connectivity index (χ3n) is 5.23. The van der Waals surface area contributed by atoms with E-state index in [1.165, 1.54) is 19.2 Å². The van der Waals surface area contributed by atoms with Gasteiger partial charge in [-0.2, -0.15) is 0 Å². The highest BCUT2D eigenvalue weighted by molar-refractivity contribution is 6.08. The standard InChI is InChI=1S/C23H24FN5O4/c1-13-26-17(18-11-21(33-29-18)16-5-4-6-22(28-16)32-3)10-19(27-13)23(30)25-12-14-7-8-15(24)20(9-14)31-2/h4-5,7-10,21-22H,6,11-12H2,1-3H3,(H,25,30). The summed E-state index contributed by atoms with van der Waals surface area (Å²) in [5.41, 5.74) is 2.78. The first-order valence-corrected chi connectivity index (χ1v) is 10.4. The summed E-state index contributed by atoms with van der Waals surface area (Å²) in [6.07, 6.45) is 4.52. The fourth-order valence-electron chi connectivity index (χ4n) is 3.51. The first kappa shape index (κ1) is 22.5. The van der Waals surface area contributed by atoms with Gasteiger partial charge >= 0.3 is 0 Å². The van der Waals surface area contributed by atoms with Crippen molar-refractivity contribution in [3.63, 3.8) is 0 Å². The molecule has 0 spiro atoms. The summed E-state index contributed by atoms with van der Waals surface area (Å²) in [5.74, 6) is -0.302. The van der Waals surface area contributed by atoms with Crippen LogP contribution in [0.2, 0.25) is 0 Å². The van der Waals surface area contributed by atoms with E-state index >= 15 is 0 Å². The van der Waals surface area contributed by atoms with E-state index in [1.807, 2.05) is 12.2 Å². The number of nitrogens with zero attached hydrogens (tertiary/aromatic N) is 4. The molecule has 2 unspecified atom stereocenters. The number of aliphatic imine (C=N–C) groups is 1. The largest absolute Gasteiger partial charge is 0.494 e. The molecular formula is C23H24FN5O4. The quantitative estimate of drug-likeness (QED) is 0.691. The van der Waals surface area contributed by atoms with Crippen molar-refractivity contribution in [2.45, 2.75) is 38.6 Å². The number of benzene rings is 1. The zero-order chi connectivity index (χ0) is 23.4. The fourth-order valence-corrected chi connectivity index (χ4v) is 3.51. The molecule has 0 aliphatic carbocycles. The number of amides is 1. The summed E-state index contributed by atoms with van der Waals surface area (Å²) in [6, 6.07) is 5.99. The molecule has 172 valence electrons. The minimum atomic E-state index is -0.464. The average molecular weight is 453 g/mol. The number of carbonyl (C=O) groups excluding carboxylic acids is 1. The summed E-state index contributed by atoms with van der Waals surface area (Å²) >= 11 is 0. The molecule has 1 N–H and O–H groups in total. The number of nitrogens with one attached hydrogen (secondary N) is 1. The van der Waals surface area contributed by atoms with Crippen LogP contribution in [0.25, 0.3) is 0 Å². The number of ether oxygens (including phenoxy) is 2. The van der Waals surface area contributed by atoms with Crippen molar-refractivity contribution in [3.05, 3.63) is 65.0 Å². The predicted octanol–water partition coefficient (Wildman–Crippen LogP) is 2.73. The highest BCUT2D eigenvalue weighted by Gasteiger charge is 2.29. The normalized spacial score (nSPS) is 19.5. The highest BCUT2D eigenvalue weighted by atomic mass is 19.1. The van der Waals surface area contributed by atoms with Gasteiger partial charge in [0.2, 0.25) is 0 Å². The zero-order valence-corrected chi connectivity index (χ0v) is 18.5. The van der Waals surface area contributed by atoms with Crippen molar-refractivity contribution in [1.82, 2.24) is 15.3 Å². The van der Waals surface area contributed by atoms with Crippen molar-refractivity contribution in [1.29, 1.82) is 0 Å². The maximum atomic E-state index is 13.6. The molecule has 10 heteroatoms. The predicted molar refractivity (Wildman–Crippen MR) is 119 cm³/mol. The van der Waals surface area contributed by atoms with E-state index < -0.39 is 5.82 Å². The van der Waals surface area contributed by atoms with Crippen LogP contribution in [0.3, 0.4) is 0 Å². The smallest absolute Gasteiger partial charge is 0.270 e. The molecule has 2 aliphatic heterocycles. The molecule has 9 nitrogen and oxygen atoms in total. The van der Waals surface area contributed by atoms with Crippen LogP contribution in [-0.4, -0.2) is 53.8 Å². The van der Waals surface area contributed by atoms with E-state index in [4.69, 9.17) is 14.3 Å². The van der Waals surface area contributed by atoms with E-state index in [1.54, 1.807) is 26.2 Å². The topological polar surface area (TPSA) is 107 Å². The SMILES string of the molecule is COc1cc(CNC(=O)c2cc(C3=NOC(C4=NC(OC)CC=C4)C3)nc(C)n2)ccc1F. The van der Waals surface area contributed by atoms with Crippen LogP contribution >= 0.6 is 0 Å². The molecule has 1 aromatic carbocycles. The molecule has 0 fully saturated rings. The first-order chi connectivity index (χ1) is 16.0. The molecule has 1 amide bonds. The van der Waals surface area contributed by atoms with E-state index in [0.29, 0.717) is 35.6 Å². The molecule has 3 heterocycles. The second-order valence-corrected chi connectivity index (χ2v) is 7.56. The lowest BCUT2D eigenvalue weighted by Gasteiger charge is -2.17. The van der Waals surface area contributed by atoms with E-state index in [0.717, 1.165) is 5.71 Å². The Morgan fingerprint density at radius 3 is 2.91 bits per heavy atom. The Balaban J connectivity index is 1.44. The molecule has 33 heavy (non-hydrogen) atoms. The minimum Gasteiger partial charge on any atom is -0.494 e. The summed E-state index contributed by atoms with van der Waals surface area (Å²) in [6.45, 7) is 1.89. The monoisotopic (exact) mass is 453 g/mol.